The molecule has 0 saturated heterocycles. The molecule has 188 valence electrons. The summed E-state index contributed by atoms with van der Waals surface area (Å²) < 4.78 is 6.94. The van der Waals surface area contributed by atoms with Gasteiger partial charge in [-0.25, -0.2) is 4.98 Å². The molecule has 6 heteroatoms. The van der Waals surface area contributed by atoms with Gasteiger partial charge in [-0.3, -0.25) is 14.2 Å². The maximum absolute atomic E-state index is 14.5. The van der Waals surface area contributed by atoms with E-state index < -0.39 is 0 Å². The second-order valence-electron chi connectivity index (χ2n) is 10.2. The number of rotatable bonds is 7. The molecular weight excluding hydrogens is 468 g/mol. The highest BCUT2D eigenvalue weighted by Gasteiger charge is 2.44. The molecule has 3 aromatic rings. The molecule has 1 aromatic heterocycles. The van der Waals surface area contributed by atoms with Gasteiger partial charge >= 0.3 is 5.97 Å². The molecule has 1 fully saturated rings. The Kier molecular flexibility index (Phi) is 7.33. The minimum absolute atomic E-state index is 0.0257. The Bertz CT molecular complexity index is 1300. The standard InChI is InChI=1S/C30H34N2O3S/c1-3-35-25(33)20-36-29-31-27-24-17-11-10-14-22(24)18-30(2,23-15-8-5-9-16-23)26(27)28(34)32(29)19-21-12-6-4-7-13-21/h4,6-7,10-14,17,23H,3,5,8-9,15-16,18-20H2,1-2H3/t30-/m1/s1. The molecule has 36 heavy (non-hydrogen) atoms. The number of carbonyl (C=O) groups is 1. The molecule has 0 amide bonds. The van der Waals surface area contributed by atoms with Gasteiger partial charge in [-0.2, -0.15) is 0 Å². The molecule has 1 heterocycles. The van der Waals surface area contributed by atoms with Crippen LogP contribution in [0.1, 0.15) is 62.6 Å². The van der Waals surface area contributed by atoms with Crippen LogP contribution in [0.4, 0.5) is 0 Å². The van der Waals surface area contributed by atoms with Crippen LogP contribution < -0.4 is 5.56 Å². The van der Waals surface area contributed by atoms with E-state index in [0.717, 1.165) is 41.6 Å². The Morgan fingerprint density at radius 3 is 2.56 bits per heavy atom. The minimum atomic E-state index is -0.298. The maximum atomic E-state index is 14.5. The third-order valence-electron chi connectivity index (χ3n) is 7.85. The topological polar surface area (TPSA) is 61.2 Å². The van der Waals surface area contributed by atoms with Gasteiger partial charge in [0.25, 0.3) is 5.56 Å². The summed E-state index contributed by atoms with van der Waals surface area (Å²) >= 11 is 1.29. The predicted octanol–water partition coefficient (Wildman–Crippen LogP) is 6.01. The lowest BCUT2D eigenvalue weighted by atomic mass is 9.60. The van der Waals surface area contributed by atoms with Crippen molar-refractivity contribution in [3.05, 3.63) is 81.6 Å². The number of nitrogens with zero attached hydrogens (tertiary/aromatic N) is 2. The molecule has 0 unspecified atom stereocenters. The minimum Gasteiger partial charge on any atom is -0.465 e. The molecule has 5 rings (SSSR count). The summed E-state index contributed by atoms with van der Waals surface area (Å²) in [6.07, 6.45) is 6.87. The first-order valence-corrected chi connectivity index (χ1v) is 14.1. The summed E-state index contributed by atoms with van der Waals surface area (Å²) in [5, 5.41) is 0.568. The molecule has 5 nitrogen and oxygen atoms in total. The number of hydrogen-bond donors (Lipinski definition) is 0. The summed E-state index contributed by atoms with van der Waals surface area (Å²) in [4.78, 5) is 31.8. The summed E-state index contributed by atoms with van der Waals surface area (Å²) in [5.74, 6) is 0.277. The molecule has 2 aliphatic rings. The lowest BCUT2D eigenvalue weighted by Gasteiger charge is -2.44. The normalized spacial score (nSPS) is 19.4. The fourth-order valence-electron chi connectivity index (χ4n) is 6.06. The summed E-state index contributed by atoms with van der Waals surface area (Å²) in [6, 6.07) is 18.4. The van der Waals surface area contributed by atoms with E-state index in [0.29, 0.717) is 24.2 Å². The smallest absolute Gasteiger partial charge is 0.316 e. The predicted molar refractivity (Wildman–Crippen MR) is 144 cm³/mol. The summed E-state index contributed by atoms with van der Waals surface area (Å²) in [7, 11) is 0. The van der Waals surface area contributed by atoms with E-state index in [1.54, 1.807) is 11.5 Å². The van der Waals surface area contributed by atoms with Gasteiger partial charge in [-0.15, -0.1) is 0 Å². The molecule has 0 N–H and O–H groups in total. The van der Waals surface area contributed by atoms with Crippen molar-refractivity contribution >= 4 is 17.7 Å². The van der Waals surface area contributed by atoms with Gasteiger partial charge in [-0.05, 0) is 43.2 Å². The molecule has 2 aliphatic carbocycles. The van der Waals surface area contributed by atoms with E-state index in [1.165, 1.54) is 36.6 Å². The van der Waals surface area contributed by atoms with Crippen LogP contribution in [0, 0.1) is 5.92 Å². The number of esters is 1. The molecule has 0 radical (unpaired) electrons. The molecular formula is C30H34N2O3S. The molecule has 0 aliphatic heterocycles. The highest BCUT2D eigenvalue weighted by molar-refractivity contribution is 7.99. The Balaban J connectivity index is 1.69. The van der Waals surface area contributed by atoms with Gasteiger partial charge in [0.2, 0.25) is 0 Å². The van der Waals surface area contributed by atoms with Gasteiger partial charge in [0, 0.05) is 11.0 Å². The Labute approximate surface area is 217 Å². The number of thioether (sulfide) groups is 1. The van der Waals surface area contributed by atoms with Crippen LogP contribution in [-0.2, 0) is 27.9 Å². The van der Waals surface area contributed by atoms with E-state index in [2.05, 4.69) is 25.1 Å². The average Bonchev–Trinajstić information content (AvgIpc) is 2.90. The number of aromatic nitrogens is 2. The lowest BCUT2D eigenvalue weighted by molar-refractivity contribution is -0.139. The summed E-state index contributed by atoms with van der Waals surface area (Å²) in [5.41, 5.74) is 4.74. The first-order valence-electron chi connectivity index (χ1n) is 13.1. The highest BCUT2D eigenvalue weighted by atomic mass is 32.2. The molecule has 1 saturated carbocycles. The zero-order valence-electron chi connectivity index (χ0n) is 21.2. The first-order chi connectivity index (χ1) is 17.5. The zero-order valence-corrected chi connectivity index (χ0v) is 22.0. The van der Waals surface area contributed by atoms with Crippen molar-refractivity contribution in [2.75, 3.05) is 12.4 Å². The largest absolute Gasteiger partial charge is 0.465 e. The number of hydrogen-bond acceptors (Lipinski definition) is 5. The first kappa shape index (κ1) is 24.8. The van der Waals surface area contributed by atoms with E-state index in [1.807, 2.05) is 36.4 Å². The lowest BCUT2D eigenvalue weighted by Crippen LogP contribution is -2.45. The van der Waals surface area contributed by atoms with Gasteiger partial charge in [0.1, 0.15) is 0 Å². The van der Waals surface area contributed by atoms with Gasteiger partial charge in [0.05, 0.1) is 30.2 Å². The van der Waals surface area contributed by atoms with Crippen molar-refractivity contribution in [3.63, 3.8) is 0 Å². The third kappa shape index (κ3) is 4.75. The van der Waals surface area contributed by atoms with Crippen LogP contribution in [0.2, 0.25) is 0 Å². The SMILES string of the molecule is CCOC(=O)CSc1nc2c(c(=O)n1Cc1ccccc1)[C@@](C)(C1CCCCC1)Cc1ccccc1-2. The fourth-order valence-corrected chi connectivity index (χ4v) is 6.85. The number of benzene rings is 2. The van der Waals surface area contributed by atoms with Crippen molar-refractivity contribution in [2.45, 2.75) is 69.5 Å². The number of fused-ring (bicyclic) bond motifs is 3. The number of ether oxygens (including phenoxy) is 1. The van der Waals surface area contributed by atoms with E-state index in [9.17, 15) is 9.59 Å². The molecule has 1 atom stereocenters. The Hall–Kier alpha value is -2.86. The van der Waals surface area contributed by atoms with Crippen LogP contribution in [0.5, 0.6) is 0 Å². The molecule has 0 spiro atoms. The quantitative estimate of drug-likeness (QED) is 0.225. The van der Waals surface area contributed by atoms with Crippen molar-refractivity contribution in [2.24, 2.45) is 5.92 Å². The second kappa shape index (κ2) is 10.6. The monoisotopic (exact) mass is 502 g/mol. The fraction of sp³-hybridized carbons (Fsp3) is 0.433. The van der Waals surface area contributed by atoms with Crippen molar-refractivity contribution in [1.29, 1.82) is 0 Å². The second-order valence-corrected chi connectivity index (χ2v) is 11.1. The Morgan fingerprint density at radius 1 is 1.08 bits per heavy atom. The van der Waals surface area contributed by atoms with Gasteiger partial charge in [0.15, 0.2) is 5.16 Å². The van der Waals surface area contributed by atoms with Crippen molar-refractivity contribution in [3.8, 4) is 11.3 Å². The highest BCUT2D eigenvalue weighted by Crippen LogP contribution is 2.49. The Morgan fingerprint density at radius 2 is 1.81 bits per heavy atom. The van der Waals surface area contributed by atoms with Crippen molar-refractivity contribution in [1.82, 2.24) is 9.55 Å². The van der Waals surface area contributed by atoms with Crippen LogP contribution >= 0.6 is 11.8 Å². The van der Waals surface area contributed by atoms with E-state index in [-0.39, 0.29) is 22.7 Å². The van der Waals surface area contributed by atoms with Gasteiger partial charge in [-0.1, -0.05) is 92.5 Å². The average molecular weight is 503 g/mol. The van der Waals surface area contributed by atoms with Crippen molar-refractivity contribution < 1.29 is 9.53 Å². The van der Waals surface area contributed by atoms with Crippen LogP contribution in [-0.4, -0.2) is 27.9 Å². The van der Waals surface area contributed by atoms with Crippen LogP contribution in [0.25, 0.3) is 11.3 Å². The number of carbonyl (C=O) groups excluding carboxylic acids is 1. The summed E-state index contributed by atoms with van der Waals surface area (Å²) in [6.45, 7) is 4.85. The molecule has 2 aromatic carbocycles. The maximum Gasteiger partial charge on any atom is 0.316 e. The van der Waals surface area contributed by atoms with E-state index >= 15 is 0 Å². The van der Waals surface area contributed by atoms with Gasteiger partial charge < -0.3 is 4.74 Å². The van der Waals surface area contributed by atoms with Crippen LogP contribution in [0.3, 0.4) is 0 Å². The van der Waals surface area contributed by atoms with E-state index in [4.69, 9.17) is 9.72 Å². The third-order valence-corrected chi connectivity index (χ3v) is 8.80. The zero-order chi connectivity index (χ0) is 25.1. The van der Waals surface area contributed by atoms with Crippen LogP contribution in [0.15, 0.2) is 64.5 Å². The molecule has 0 bridgehead atoms.